The number of aromatic nitrogens is 4. The van der Waals surface area contributed by atoms with Gasteiger partial charge in [0.2, 0.25) is 0 Å². The van der Waals surface area contributed by atoms with E-state index in [-0.39, 0.29) is 29.0 Å². The van der Waals surface area contributed by atoms with Crippen LogP contribution in [0.3, 0.4) is 0 Å². The molecule has 15 heteroatoms. The Morgan fingerprint density at radius 2 is 2.00 bits per heavy atom. The summed E-state index contributed by atoms with van der Waals surface area (Å²) in [6, 6.07) is 1.53. The van der Waals surface area contributed by atoms with E-state index < -0.39 is 34.6 Å². The zero-order valence-corrected chi connectivity index (χ0v) is 20.9. The van der Waals surface area contributed by atoms with E-state index in [4.69, 9.17) is 11.6 Å². The lowest BCUT2D eigenvalue weighted by molar-refractivity contribution is -0.137. The van der Waals surface area contributed by atoms with Crippen LogP contribution in [-0.4, -0.2) is 56.1 Å². The summed E-state index contributed by atoms with van der Waals surface area (Å²) in [5.41, 5.74) is -0.991. The molecule has 10 nitrogen and oxygen atoms in total. The van der Waals surface area contributed by atoms with Crippen LogP contribution >= 0.6 is 22.9 Å². The molecule has 4 heterocycles. The Morgan fingerprint density at radius 1 is 1.22 bits per heavy atom. The second-order valence-corrected chi connectivity index (χ2v) is 9.66. The van der Waals surface area contributed by atoms with Gasteiger partial charge in [0.05, 0.1) is 35.5 Å². The van der Waals surface area contributed by atoms with Gasteiger partial charge in [-0.25, -0.2) is 19.9 Å². The Morgan fingerprint density at radius 3 is 2.73 bits per heavy atom. The van der Waals surface area contributed by atoms with Crippen LogP contribution in [0.1, 0.15) is 56.5 Å². The van der Waals surface area contributed by atoms with Crippen LogP contribution in [0.15, 0.2) is 30.9 Å². The number of halogens is 4. The molecule has 2 atom stereocenters. The SMILES string of the molecule is C[C@@H](NC(=O)c1cc(N2CCC[C@H]2CO)ncn1)c1ncc(C(=O)Nc2cc(C(F)(F)F)c(Cl)cn2)s1. The average Bonchev–Trinajstić information content (AvgIpc) is 3.54. The number of nitrogens with zero attached hydrogens (tertiary/aromatic N) is 5. The third-order valence-corrected chi connectivity index (χ3v) is 7.12. The molecule has 2 amide bonds. The van der Waals surface area contributed by atoms with Gasteiger partial charge < -0.3 is 20.6 Å². The molecule has 3 aromatic heterocycles. The summed E-state index contributed by atoms with van der Waals surface area (Å²) in [7, 11) is 0. The Hall–Kier alpha value is -3.36. The van der Waals surface area contributed by atoms with Crippen molar-refractivity contribution < 1.29 is 27.9 Å². The molecular weight excluding hydrogens is 535 g/mol. The van der Waals surface area contributed by atoms with Crippen LogP contribution in [0.25, 0.3) is 0 Å². The molecule has 0 aliphatic carbocycles. The van der Waals surface area contributed by atoms with E-state index in [0.717, 1.165) is 30.4 Å². The van der Waals surface area contributed by atoms with Gasteiger partial charge in [0.1, 0.15) is 33.5 Å². The van der Waals surface area contributed by atoms with Gasteiger partial charge in [-0.05, 0) is 25.8 Å². The third-order valence-electron chi connectivity index (χ3n) is 5.64. The number of alkyl halides is 3. The van der Waals surface area contributed by atoms with Crippen LogP contribution in [0.5, 0.6) is 0 Å². The number of pyridine rings is 1. The molecule has 37 heavy (non-hydrogen) atoms. The molecule has 0 spiro atoms. The van der Waals surface area contributed by atoms with Crippen molar-refractivity contribution in [3.8, 4) is 0 Å². The largest absolute Gasteiger partial charge is 0.418 e. The maximum absolute atomic E-state index is 13.1. The maximum Gasteiger partial charge on any atom is 0.418 e. The standard InChI is InChI=1S/C22H21ClF3N7O3S/c1-11(31-19(35)15-6-18(30-10-29-15)33-4-2-3-12(33)9-34)21-28-8-16(37-21)20(36)32-17-5-13(22(24,25)26)14(23)7-27-17/h5-8,10-12,34H,2-4,9H2,1H3,(H,31,35)(H,27,32,36)/t11-,12+/m1/s1. The number of aliphatic hydroxyl groups excluding tert-OH is 1. The Bertz CT molecular complexity index is 1310. The molecule has 1 aliphatic heterocycles. The zero-order chi connectivity index (χ0) is 26.7. The fourth-order valence-corrected chi connectivity index (χ4v) is 4.81. The number of nitrogens with one attached hydrogen (secondary N) is 2. The van der Waals surface area contributed by atoms with Gasteiger partial charge >= 0.3 is 6.18 Å². The third kappa shape index (κ3) is 6.14. The lowest BCUT2D eigenvalue weighted by Gasteiger charge is -2.24. The van der Waals surface area contributed by atoms with Gasteiger partial charge in [0.25, 0.3) is 11.8 Å². The predicted molar refractivity (Wildman–Crippen MR) is 130 cm³/mol. The summed E-state index contributed by atoms with van der Waals surface area (Å²) in [6.45, 7) is 2.37. The quantitative estimate of drug-likeness (QED) is 0.402. The lowest BCUT2D eigenvalue weighted by atomic mass is 10.2. The van der Waals surface area contributed by atoms with Gasteiger partial charge in [-0.2, -0.15) is 13.2 Å². The first-order valence-electron chi connectivity index (χ1n) is 11.1. The van der Waals surface area contributed by atoms with Crippen molar-refractivity contribution in [1.82, 2.24) is 25.3 Å². The minimum atomic E-state index is -4.70. The minimum absolute atomic E-state index is 0.0138. The van der Waals surface area contributed by atoms with Crippen LogP contribution in [0.4, 0.5) is 24.8 Å². The molecule has 4 rings (SSSR count). The highest BCUT2D eigenvalue weighted by atomic mass is 35.5. The topological polar surface area (TPSA) is 133 Å². The Labute approximate surface area is 217 Å². The predicted octanol–water partition coefficient (Wildman–Crippen LogP) is 3.70. The number of hydrogen-bond donors (Lipinski definition) is 3. The number of amides is 2. The number of thiazole rings is 1. The van der Waals surface area contributed by atoms with Crippen molar-refractivity contribution in [3.05, 3.63) is 57.0 Å². The molecule has 1 saturated heterocycles. The number of aliphatic hydroxyl groups is 1. The van der Waals surface area contributed by atoms with Gasteiger partial charge in [0, 0.05) is 18.8 Å². The molecule has 0 saturated carbocycles. The van der Waals surface area contributed by atoms with E-state index in [1.54, 1.807) is 13.0 Å². The molecule has 0 bridgehead atoms. The molecule has 0 unspecified atom stereocenters. The minimum Gasteiger partial charge on any atom is -0.394 e. The van der Waals surface area contributed by atoms with Gasteiger partial charge in [0.15, 0.2) is 0 Å². The van der Waals surface area contributed by atoms with Gasteiger partial charge in [-0.1, -0.05) is 11.6 Å². The summed E-state index contributed by atoms with van der Waals surface area (Å²) in [4.78, 5) is 43.5. The second-order valence-electron chi connectivity index (χ2n) is 8.19. The lowest BCUT2D eigenvalue weighted by Crippen LogP contribution is -2.33. The fourth-order valence-electron chi connectivity index (χ4n) is 3.78. The van der Waals surface area contributed by atoms with E-state index in [1.165, 1.54) is 12.5 Å². The molecule has 1 fully saturated rings. The fraction of sp³-hybridized carbons (Fsp3) is 0.364. The summed E-state index contributed by atoms with van der Waals surface area (Å²) in [5, 5.41) is 14.4. The maximum atomic E-state index is 13.1. The van der Waals surface area contributed by atoms with Crippen molar-refractivity contribution >= 4 is 46.4 Å². The molecule has 3 aromatic rings. The van der Waals surface area contributed by atoms with Gasteiger partial charge in [-0.15, -0.1) is 11.3 Å². The van der Waals surface area contributed by atoms with E-state index in [9.17, 15) is 27.9 Å². The van der Waals surface area contributed by atoms with E-state index in [2.05, 4.69) is 30.6 Å². The van der Waals surface area contributed by atoms with Crippen molar-refractivity contribution in [1.29, 1.82) is 0 Å². The number of carbonyl (C=O) groups excluding carboxylic acids is 2. The normalized spacial score (nSPS) is 16.5. The molecule has 3 N–H and O–H groups in total. The van der Waals surface area contributed by atoms with Crippen molar-refractivity contribution in [2.45, 2.75) is 38.0 Å². The molecule has 0 radical (unpaired) electrons. The van der Waals surface area contributed by atoms with Crippen molar-refractivity contribution in [2.75, 3.05) is 23.4 Å². The number of rotatable bonds is 7. The van der Waals surface area contributed by atoms with Gasteiger partial charge in [-0.3, -0.25) is 9.59 Å². The summed E-state index contributed by atoms with van der Waals surface area (Å²) >= 11 is 6.52. The summed E-state index contributed by atoms with van der Waals surface area (Å²) < 4.78 is 39.2. The number of carbonyl (C=O) groups is 2. The average molecular weight is 556 g/mol. The smallest absolute Gasteiger partial charge is 0.394 e. The van der Waals surface area contributed by atoms with Crippen LogP contribution in [0, 0.1) is 0 Å². The zero-order valence-electron chi connectivity index (χ0n) is 19.3. The van der Waals surface area contributed by atoms with Crippen LogP contribution < -0.4 is 15.5 Å². The first kappa shape index (κ1) is 26.7. The summed E-state index contributed by atoms with van der Waals surface area (Å²) in [6.07, 6.45) is 0.375. The Balaban J connectivity index is 1.41. The highest BCUT2D eigenvalue weighted by Crippen LogP contribution is 2.35. The van der Waals surface area contributed by atoms with Crippen LogP contribution in [-0.2, 0) is 6.18 Å². The monoisotopic (exact) mass is 555 g/mol. The molecule has 1 aliphatic rings. The molecular formula is C22H21ClF3N7O3S. The van der Waals surface area contributed by atoms with Crippen molar-refractivity contribution in [3.63, 3.8) is 0 Å². The number of anilines is 2. The first-order chi connectivity index (χ1) is 17.6. The molecule has 0 aromatic carbocycles. The Kier molecular flexibility index (Phi) is 7.90. The number of hydrogen-bond acceptors (Lipinski definition) is 9. The van der Waals surface area contributed by atoms with E-state index in [1.807, 2.05) is 4.90 Å². The summed E-state index contributed by atoms with van der Waals surface area (Å²) in [5.74, 6) is -0.974. The van der Waals surface area contributed by atoms with Crippen LogP contribution in [0.2, 0.25) is 5.02 Å². The highest BCUT2D eigenvalue weighted by molar-refractivity contribution is 7.13. The van der Waals surface area contributed by atoms with E-state index in [0.29, 0.717) is 23.4 Å². The van der Waals surface area contributed by atoms with Crippen molar-refractivity contribution in [2.24, 2.45) is 0 Å². The first-order valence-corrected chi connectivity index (χ1v) is 12.3. The molecule has 196 valence electrons. The highest BCUT2D eigenvalue weighted by Gasteiger charge is 2.34. The van der Waals surface area contributed by atoms with E-state index >= 15 is 0 Å². The second kappa shape index (κ2) is 10.9.